The van der Waals surface area contributed by atoms with E-state index >= 15 is 0 Å². The van der Waals surface area contributed by atoms with Gasteiger partial charge in [-0.1, -0.05) is 84.9 Å². The molecule has 2 aromatic heterocycles. The summed E-state index contributed by atoms with van der Waals surface area (Å²) in [6.07, 6.45) is 1.85. The van der Waals surface area contributed by atoms with Crippen molar-refractivity contribution in [3.8, 4) is 5.82 Å². The number of nitrogens with zero attached hydrogens (tertiary/aromatic N) is 2. The molecule has 1 aliphatic rings. The second-order valence-corrected chi connectivity index (χ2v) is 9.24. The molecule has 0 saturated carbocycles. The van der Waals surface area contributed by atoms with Crippen LogP contribution in [0, 0.1) is 6.92 Å². The van der Waals surface area contributed by atoms with Gasteiger partial charge in [-0.05, 0) is 53.4 Å². The average molecular weight is 451 g/mol. The fourth-order valence-corrected chi connectivity index (χ4v) is 5.95. The van der Waals surface area contributed by atoms with Gasteiger partial charge in [0.2, 0.25) is 0 Å². The van der Waals surface area contributed by atoms with Crippen molar-refractivity contribution in [3.05, 3.63) is 153 Å². The van der Waals surface area contributed by atoms with E-state index in [2.05, 4.69) is 78.2 Å². The van der Waals surface area contributed by atoms with Crippen LogP contribution >= 0.6 is 0 Å². The summed E-state index contributed by atoms with van der Waals surface area (Å²) in [6.45, 7) is 2.06. The van der Waals surface area contributed by atoms with Crippen molar-refractivity contribution in [1.29, 1.82) is 0 Å². The molecule has 0 amide bonds. The first-order chi connectivity index (χ1) is 17.2. The Bertz CT molecular complexity index is 1780. The van der Waals surface area contributed by atoms with Crippen molar-refractivity contribution in [2.75, 3.05) is 0 Å². The standard InChI is InChI=1S/C32H22N2O/c1-21-17-18-24-28(20-21)34-29-25(30(24)35)14-8-15-26(29)32(22-10-4-2-5-11-22,23-12-6-3-7-13-23)27-16-9-19-33-31(27)34/h2-20H,1H3. The zero-order valence-electron chi connectivity index (χ0n) is 19.3. The second kappa shape index (κ2) is 7.25. The quantitative estimate of drug-likeness (QED) is 0.280. The largest absolute Gasteiger partial charge is 0.293 e. The van der Waals surface area contributed by atoms with E-state index in [0.717, 1.165) is 44.7 Å². The van der Waals surface area contributed by atoms with Crippen molar-refractivity contribution >= 4 is 21.8 Å². The highest BCUT2D eigenvalue weighted by atomic mass is 16.1. The third kappa shape index (κ3) is 2.55. The Morgan fingerprint density at radius 3 is 2.09 bits per heavy atom. The molecule has 0 radical (unpaired) electrons. The first-order valence-electron chi connectivity index (χ1n) is 11.9. The fraction of sp³-hybridized carbons (Fsp3) is 0.0625. The van der Waals surface area contributed by atoms with E-state index in [1.807, 2.05) is 48.7 Å². The lowest BCUT2D eigenvalue weighted by molar-refractivity contribution is 0.716. The summed E-state index contributed by atoms with van der Waals surface area (Å²) in [6, 6.07) is 37.6. The lowest BCUT2D eigenvalue weighted by atomic mass is 9.63. The van der Waals surface area contributed by atoms with Crippen molar-refractivity contribution in [2.45, 2.75) is 12.3 Å². The van der Waals surface area contributed by atoms with Gasteiger partial charge in [0, 0.05) is 22.5 Å². The summed E-state index contributed by atoms with van der Waals surface area (Å²) >= 11 is 0. The van der Waals surface area contributed by atoms with Crippen LogP contribution in [0.2, 0.25) is 0 Å². The molecule has 4 aromatic carbocycles. The molecule has 166 valence electrons. The van der Waals surface area contributed by atoms with Crippen LogP contribution in [0.5, 0.6) is 0 Å². The Morgan fingerprint density at radius 2 is 1.37 bits per heavy atom. The third-order valence-corrected chi connectivity index (χ3v) is 7.36. The minimum Gasteiger partial charge on any atom is -0.293 e. The first kappa shape index (κ1) is 19.9. The van der Waals surface area contributed by atoms with Crippen molar-refractivity contribution in [3.63, 3.8) is 0 Å². The van der Waals surface area contributed by atoms with Crippen LogP contribution in [0.25, 0.3) is 27.6 Å². The van der Waals surface area contributed by atoms with E-state index in [1.165, 1.54) is 0 Å². The number of para-hydroxylation sites is 1. The summed E-state index contributed by atoms with van der Waals surface area (Å²) in [5.74, 6) is 0.861. The number of benzene rings is 4. The number of aromatic nitrogens is 2. The van der Waals surface area contributed by atoms with E-state index in [1.54, 1.807) is 0 Å². The zero-order chi connectivity index (χ0) is 23.6. The highest BCUT2D eigenvalue weighted by Gasteiger charge is 2.45. The number of pyridine rings is 2. The molecule has 0 unspecified atom stereocenters. The van der Waals surface area contributed by atoms with Gasteiger partial charge in [-0.25, -0.2) is 4.98 Å². The molecule has 1 aliphatic heterocycles. The Morgan fingerprint density at radius 1 is 0.686 bits per heavy atom. The molecule has 0 aliphatic carbocycles. The summed E-state index contributed by atoms with van der Waals surface area (Å²) < 4.78 is 2.20. The van der Waals surface area contributed by atoms with Crippen LogP contribution in [-0.4, -0.2) is 9.55 Å². The smallest absolute Gasteiger partial charge is 0.197 e. The number of fused-ring (bicyclic) bond motifs is 4. The summed E-state index contributed by atoms with van der Waals surface area (Å²) in [5.41, 5.74) is 6.86. The van der Waals surface area contributed by atoms with E-state index in [4.69, 9.17) is 4.98 Å². The fourth-order valence-electron chi connectivity index (χ4n) is 5.95. The molecular formula is C32H22N2O. The second-order valence-electron chi connectivity index (χ2n) is 9.24. The molecule has 3 heterocycles. The molecule has 0 bridgehead atoms. The van der Waals surface area contributed by atoms with Crippen molar-refractivity contribution in [2.24, 2.45) is 0 Å². The molecule has 6 aromatic rings. The monoisotopic (exact) mass is 450 g/mol. The predicted molar refractivity (Wildman–Crippen MR) is 141 cm³/mol. The van der Waals surface area contributed by atoms with Crippen molar-refractivity contribution in [1.82, 2.24) is 9.55 Å². The summed E-state index contributed by atoms with van der Waals surface area (Å²) in [4.78, 5) is 18.8. The SMILES string of the molecule is Cc1ccc2c(=O)c3cccc4c3n(c2c1)-c1ncccc1C4(c1ccccc1)c1ccccc1. The van der Waals surface area contributed by atoms with Crippen LogP contribution in [-0.2, 0) is 5.41 Å². The van der Waals surface area contributed by atoms with Gasteiger partial charge < -0.3 is 0 Å². The lowest BCUT2D eigenvalue weighted by Gasteiger charge is -2.42. The van der Waals surface area contributed by atoms with Gasteiger partial charge in [-0.2, -0.15) is 0 Å². The zero-order valence-corrected chi connectivity index (χ0v) is 19.3. The normalized spacial score (nSPS) is 13.6. The third-order valence-electron chi connectivity index (χ3n) is 7.36. The first-order valence-corrected chi connectivity index (χ1v) is 11.9. The highest BCUT2D eigenvalue weighted by Crippen LogP contribution is 2.51. The predicted octanol–water partition coefficient (Wildman–Crippen LogP) is 6.54. The van der Waals surface area contributed by atoms with E-state index in [9.17, 15) is 4.79 Å². The highest BCUT2D eigenvalue weighted by molar-refractivity contribution is 5.99. The van der Waals surface area contributed by atoms with Crippen LogP contribution in [0.1, 0.15) is 27.8 Å². The minimum atomic E-state index is -0.616. The van der Waals surface area contributed by atoms with Gasteiger partial charge in [-0.3, -0.25) is 9.36 Å². The Hall–Kier alpha value is -4.50. The van der Waals surface area contributed by atoms with E-state index in [-0.39, 0.29) is 5.43 Å². The molecule has 35 heavy (non-hydrogen) atoms. The number of aryl methyl sites for hydroxylation is 1. The molecule has 0 N–H and O–H groups in total. The summed E-state index contributed by atoms with van der Waals surface area (Å²) in [5, 5.41) is 1.43. The molecule has 0 atom stereocenters. The summed E-state index contributed by atoms with van der Waals surface area (Å²) in [7, 11) is 0. The molecule has 0 spiro atoms. The van der Waals surface area contributed by atoms with Gasteiger partial charge in [-0.15, -0.1) is 0 Å². The molecule has 7 rings (SSSR count). The minimum absolute atomic E-state index is 0.0579. The van der Waals surface area contributed by atoms with Crippen molar-refractivity contribution < 1.29 is 0 Å². The van der Waals surface area contributed by atoms with Gasteiger partial charge in [0.15, 0.2) is 5.43 Å². The van der Waals surface area contributed by atoms with Gasteiger partial charge in [0.1, 0.15) is 5.82 Å². The Labute approximate surface area is 203 Å². The number of hydrogen-bond donors (Lipinski definition) is 0. The van der Waals surface area contributed by atoms with E-state index in [0.29, 0.717) is 10.8 Å². The average Bonchev–Trinajstić information content (AvgIpc) is 2.91. The van der Waals surface area contributed by atoms with Gasteiger partial charge in [0.25, 0.3) is 0 Å². The molecule has 0 fully saturated rings. The maximum Gasteiger partial charge on any atom is 0.197 e. The number of hydrogen-bond acceptors (Lipinski definition) is 2. The Kier molecular flexibility index (Phi) is 4.13. The van der Waals surface area contributed by atoms with E-state index < -0.39 is 5.41 Å². The van der Waals surface area contributed by atoms with Gasteiger partial charge in [0.05, 0.1) is 16.4 Å². The topological polar surface area (TPSA) is 34.9 Å². The van der Waals surface area contributed by atoms with Gasteiger partial charge >= 0.3 is 0 Å². The van der Waals surface area contributed by atoms with Crippen LogP contribution in [0.4, 0.5) is 0 Å². The molecule has 3 heteroatoms. The molecule has 3 nitrogen and oxygen atoms in total. The van der Waals surface area contributed by atoms with Crippen LogP contribution in [0.3, 0.4) is 0 Å². The maximum absolute atomic E-state index is 13.8. The lowest BCUT2D eigenvalue weighted by Crippen LogP contribution is -2.37. The maximum atomic E-state index is 13.8. The Balaban J connectivity index is 1.82. The number of rotatable bonds is 2. The molecular weight excluding hydrogens is 428 g/mol. The van der Waals surface area contributed by atoms with Crippen LogP contribution in [0.15, 0.2) is 120 Å². The molecule has 0 saturated heterocycles. The van der Waals surface area contributed by atoms with Crippen LogP contribution < -0.4 is 5.43 Å².